The lowest BCUT2D eigenvalue weighted by Crippen LogP contribution is -2.06. The molecule has 0 bridgehead atoms. The van der Waals surface area contributed by atoms with Gasteiger partial charge in [-0.25, -0.2) is 9.78 Å². The van der Waals surface area contributed by atoms with Gasteiger partial charge in [-0.15, -0.1) is 0 Å². The van der Waals surface area contributed by atoms with Crippen molar-refractivity contribution >= 4 is 17.0 Å². The first kappa shape index (κ1) is 20.8. The van der Waals surface area contributed by atoms with Crippen LogP contribution in [0.15, 0.2) is 66.7 Å². The lowest BCUT2D eigenvalue weighted by Gasteiger charge is -2.11. The maximum atomic E-state index is 11.5. The number of carboxylic acid groups (broad SMARTS) is 1. The minimum atomic E-state index is -0.926. The zero-order chi connectivity index (χ0) is 21.8. The fraction of sp³-hybridized carbons (Fsp3) is 0.231. The number of aromatic carboxylic acids is 1. The van der Waals surface area contributed by atoms with Crippen LogP contribution < -0.4 is 0 Å². The summed E-state index contributed by atoms with van der Waals surface area (Å²) in [6.45, 7) is 2.85. The van der Waals surface area contributed by atoms with Crippen LogP contribution in [0.2, 0.25) is 0 Å². The van der Waals surface area contributed by atoms with Crippen LogP contribution in [-0.2, 0) is 19.6 Å². The minimum Gasteiger partial charge on any atom is -0.478 e. The van der Waals surface area contributed by atoms with Gasteiger partial charge in [0.1, 0.15) is 5.82 Å². The van der Waals surface area contributed by atoms with Crippen molar-refractivity contribution in [1.82, 2.24) is 9.55 Å². The van der Waals surface area contributed by atoms with Crippen molar-refractivity contribution in [3.8, 4) is 11.1 Å². The molecule has 3 aromatic carbocycles. The van der Waals surface area contributed by atoms with Gasteiger partial charge < -0.3 is 14.8 Å². The van der Waals surface area contributed by atoms with Crippen molar-refractivity contribution in [2.24, 2.45) is 0 Å². The van der Waals surface area contributed by atoms with E-state index in [1.165, 1.54) is 0 Å². The summed E-state index contributed by atoms with van der Waals surface area (Å²) in [6, 6.07) is 21.0. The van der Waals surface area contributed by atoms with Crippen LogP contribution in [0, 0.1) is 0 Å². The number of aliphatic hydroxyl groups is 1. The van der Waals surface area contributed by atoms with E-state index in [9.17, 15) is 15.0 Å². The smallest absolute Gasteiger partial charge is 0.336 e. The third-order valence-corrected chi connectivity index (χ3v) is 5.59. The van der Waals surface area contributed by atoms with Gasteiger partial charge in [-0.1, -0.05) is 61.9 Å². The summed E-state index contributed by atoms with van der Waals surface area (Å²) < 4.78 is 2.23. The molecule has 1 aromatic heterocycles. The van der Waals surface area contributed by atoms with E-state index in [0.717, 1.165) is 52.8 Å². The van der Waals surface area contributed by atoms with E-state index in [2.05, 4.69) is 11.5 Å². The van der Waals surface area contributed by atoms with Crippen LogP contribution >= 0.6 is 0 Å². The third kappa shape index (κ3) is 4.37. The summed E-state index contributed by atoms with van der Waals surface area (Å²) in [7, 11) is 0. The molecular weight excluding hydrogens is 388 g/mol. The van der Waals surface area contributed by atoms with E-state index in [0.29, 0.717) is 17.7 Å². The lowest BCUT2D eigenvalue weighted by atomic mass is 9.99. The lowest BCUT2D eigenvalue weighted by molar-refractivity contribution is 0.0697. The molecule has 0 amide bonds. The molecule has 2 N–H and O–H groups in total. The number of benzene rings is 3. The molecule has 0 spiro atoms. The zero-order valence-corrected chi connectivity index (χ0v) is 17.6. The van der Waals surface area contributed by atoms with E-state index in [-0.39, 0.29) is 6.61 Å². The Morgan fingerprint density at radius 3 is 2.45 bits per heavy atom. The van der Waals surface area contributed by atoms with E-state index < -0.39 is 5.97 Å². The number of fused-ring (bicyclic) bond motifs is 1. The first-order valence-electron chi connectivity index (χ1n) is 10.6. The Morgan fingerprint density at radius 1 is 1.00 bits per heavy atom. The van der Waals surface area contributed by atoms with E-state index in [1.54, 1.807) is 12.1 Å². The van der Waals surface area contributed by atoms with Gasteiger partial charge in [-0.05, 0) is 46.9 Å². The number of hydrogen-bond acceptors (Lipinski definition) is 3. The molecule has 0 aliphatic heterocycles. The molecule has 4 rings (SSSR count). The number of carbonyl (C=O) groups is 1. The molecule has 0 aliphatic carbocycles. The Kier molecular flexibility index (Phi) is 6.14. The molecule has 5 nitrogen and oxygen atoms in total. The highest BCUT2D eigenvalue weighted by molar-refractivity contribution is 5.96. The van der Waals surface area contributed by atoms with Gasteiger partial charge in [0.2, 0.25) is 0 Å². The maximum absolute atomic E-state index is 11.5. The quantitative estimate of drug-likeness (QED) is 0.411. The topological polar surface area (TPSA) is 75.4 Å². The number of hydrogen-bond donors (Lipinski definition) is 2. The van der Waals surface area contributed by atoms with Crippen molar-refractivity contribution < 1.29 is 15.0 Å². The van der Waals surface area contributed by atoms with E-state index >= 15 is 0 Å². The molecular formula is C26H26N2O3. The minimum absolute atomic E-state index is 0.00307. The third-order valence-electron chi connectivity index (χ3n) is 5.59. The summed E-state index contributed by atoms with van der Waals surface area (Å²) in [6.07, 6.45) is 3.08. The Balaban J connectivity index is 1.68. The first-order valence-corrected chi connectivity index (χ1v) is 10.6. The van der Waals surface area contributed by atoms with Crippen molar-refractivity contribution in [3.05, 3.63) is 89.2 Å². The van der Waals surface area contributed by atoms with E-state index in [4.69, 9.17) is 4.98 Å². The molecule has 0 aliphatic rings. The summed E-state index contributed by atoms with van der Waals surface area (Å²) in [5, 5.41) is 19.0. The Labute approximate surface area is 181 Å². The van der Waals surface area contributed by atoms with Gasteiger partial charge in [0.05, 0.1) is 23.2 Å². The monoisotopic (exact) mass is 414 g/mol. The number of imidazole rings is 1. The fourth-order valence-electron chi connectivity index (χ4n) is 3.91. The van der Waals surface area contributed by atoms with Crippen LogP contribution in [0.5, 0.6) is 0 Å². The summed E-state index contributed by atoms with van der Waals surface area (Å²) in [5.41, 5.74) is 5.85. The van der Waals surface area contributed by atoms with Gasteiger partial charge in [0.15, 0.2) is 0 Å². The molecule has 0 radical (unpaired) electrons. The first-order chi connectivity index (χ1) is 15.1. The maximum Gasteiger partial charge on any atom is 0.336 e. The fourth-order valence-corrected chi connectivity index (χ4v) is 3.91. The average Bonchev–Trinajstić information content (AvgIpc) is 3.14. The van der Waals surface area contributed by atoms with Crippen LogP contribution in [0.3, 0.4) is 0 Å². The number of aryl methyl sites for hydroxylation is 1. The molecule has 4 aromatic rings. The summed E-state index contributed by atoms with van der Waals surface area (Å²) >= 11 is 0. The number of aliphatic hydroxyl groups excluding tert-OH is 1. The van der Waals surface area contributed by atoms with Gasteiger partial charge in [0, 0.05) is 13.0 Å². The van der Waals surface area contributed by atoms with E-state index in [1.807, 2.05) is 54.6 Å². The second-order valence-corrected chi connectivity index (χ2v) is 7.75. The Bertz CT molecular complexity index is 1210. The number of rotatable bonds is 8. The van der Waals surface area contributed by atoms with Crippen molar-refractivity contribution in [1.29, 1.82) is 0 Å². The Hall–Kier alpha value is -3.44. The van der Waals surface area contributed by atoms with Crippen LogP contribution in [-0.4, -0.2) is 25.7 Å². The summed E-state index contributed by atoms with van der Waals surface area (Å²) in [4.78, 5) is 16.4. The SMILES string of the molecule is CCCCc1nc2ccc(CO)cc2n1Cc1ccc(-c2ccccc2C(=O)O)cc1. The molecule has 0 saturated heterocycles. The number of nitrogens with zero attached hydrogens (tertiary/aromatic N) is 2. The second kappa shape index (κ2) is 9.14. The number of carboxylic acids is 1. The molecule has 31 heavy (non-hydrogen) atoms. The highest BCUT2D eigenvalue weighted by Crippen LogP contribution is 2.26. The van der Waals surface area contributed by atoms with Gasteiger partial charge >= 0.3 is 5.97 Å². The molecule has 158 valence electrons. The molecule has 5 heteroatoms. The normalized spacial score (nSPS) is 11.2. The molecule has 0 saturated carbocycles. The number of aromatic nitrogens is 2. The van der Waals surface area contributed by atoms with Crippen LogP contribution in [0.1, 0.15) is 47.1 Å². The van der Waals surface area contributed by atoms with Gasteiger partial charge in [-0.3, -0.25) is 0 Å². The van der Waals surface area contributed by atoms with Gasteiger partial charge in [0.25, 0.3) is 0 Å². The summed E-state index contributed by atoms with van der Waals surface area (Å²) in [5.74, 6) is 0.122. The van der Waals surface area contributed by atoms with Crippen LogP contribution in [0.25, 0.3) is 22.2 Å². The predicted molar refractivity (Wildman–Crippen MR) is 122 cm³/mol. The zero-order valence-electron chi connectivity index (χ0n) is 17.6. The van der Waals surface area contributed by atoms with Crippen LogP contribution in [0.4, 0.5) is 0 Å². The number of unbranched alkanes of at least 4 members (excludes halogenated alkanes) is 1. The standard InChI is InChI=1S/C26H26N2O3/c1-2-3-8-25-27-23-14-11-19(17-29)15-24(23)28(25)16-18-9-12-20(13-10-18)21-6-4-5-7-22(21)26(30)31/h4-7,9-15,29H,2-3,8,16-17H2,1H3,(H,30,31). The van der Waals surface area contributed by atoms with Crippen molar-refractivity contribution in [3.63, 3.8) is 0 Å². The largest absolute Gasteiger partial charge is 0.478 e. The van der Waals surface area contributed by atoms with Crippen molar-refractivity contribution in [2.75, 3.05) is 0 Å². The second-order valence-electron chi connectivity index (χ2n) is 7.75. The van der Waals surface area contributed by atoms with Gasteiger partial charge in [-0.2, -0.15) is 0 Å². The molecule has 0 fully saturated rings. The predicted octanol–water partition coefficient (Wildman–Crippen LogP) is 5.28. The molecule has 1 heterocycles. The molecule has 0 atom stereocenters. The van der Waals surface area contributed by atoms with Crippen molar-refractivity contribution in [2.45, 2.75) is 39.3 Å². The molecule has 0 unspecified atom stereocenters. The highest BCUT2D eigenvalue weighted by atomic mass is 16.4. The Morgan fingerprint density at radius 2 is 1.74 bits per heavy atom. The highest BCUT2D eigenvalue weighted by Gasteiger charge is 2.13. The average molecular weight is 415 g/mol.